The monoisotopic (exact) mass is 167 g/mol. The molecule has 1 rings (SSSR count). The van der Waals surface area contributed by atoms with Crippen molar-refractivity contribution >= 4 is 5.78 Å². The van der Waals surface area contributed by atoms with E-state index in [4.69, 9.17) is 4.52 Å². The Labute approximate surface area is 71.7 Å². The predicted molar refractivity (Wildman–Crippen MR) is 45.1 cm³/mol. The van der Waals surface area contributed by atoms with Gasteiger partial charge in [-0.15, -0.1) is 0 Å². The van der Waals surface area contributed by atoms with E-state index in [0.29, 0.717) is 12.2 Å². The third-order valence-corrected chi connectivity index (χ3v) is 1.66. The first kappa shape index (κ1) is 8.97. The first-order valence-corrected chi connectivity index (χ1v) is 4.20. The lowest BCUT2D eigenvalue weighted by molar-refractivity contribution is 0.0944. The first-order chi connectivity index (χ1) is 5.74. The molecule has 1 aromatic rings. The Morgan fingerprint density at radius 2 is 2.42 bits per heavy atom. The number of carbonyl (C=O) groups excluding carboxylic acids is 1. The van der Waals surface area contributed by atoms with Crippen molar-refractivity contribution in [2.75, 3.05) is 0 Å². The lowest BCUT2D eigenvalue weighted by Crippen LogP contribution is -1.95. The van der Waals surface area contributed by atoms with E-state index in [0.717, 1.165) is 18.5 Å². The maximum Gasteiger partial charge on any atom is 0.202 e. The number of hydrogen-bond donors (Lipinski definition) is 0. The summed E-state index contributed by atoms with van der Waals surface area (Å²) in [5.41, 5.74) is 0.759. The molecule has 0 atom stereocenters. The molecule has 0 saturated heterocycles. The van der Waals surface area contributed by atoms with Crippen LogP contribution in [0.5, 0.6) is 0 Å². The summed E-state index contributed by atoms with van der Waals surface area (Å²) in [7, 11) is 0. The second-order valence-electron chi connectivity index (χ2n) is 2.86. The zero-order valence-corrected chi connectivity index (χ0v) is 7.46. The molecule has 1 aromatic heterocycles. The fourth-order valence-corrected chi connectivity index (χ4v) is 0.956. The summed E-state index contributed by atoms with van der Waals surface area (Å²) in [6, 6.07) is 1.68. The van der Waals surface area contributed by atoms with E-state index in [1.54, 1.807) is 13.0 Å². The molecule has 0 aliphatic rings. The highest BCUT2D eigenvalue weighted by Crippen LogP contribution is 2.07. The van der Waals surface area contributed by atoms with Crippen LogP contribution in [-0.2, 0) is 0 Å². The molecule has 0 unspecified atom stereocenters. The largest absolute Gasteiger partial charge is 0.353 e. The second kappa shape index (κ2) is 4.04. The average molecular weight is 167 g/mol. The van der Waals surface area contributed by atoms with Crippen molar-refractivity contribution in [2.45, 2.75) is 33.1 Å². The Morgan fingerprint density at radius 1 is 1.67 bits per heavy atom. The minimum absolute atomic E-state index is 0.0532. The van der Waals surface area contributed by atoms with E-state index >= 15 is 0 Å². The average Bonchev–Trinajstić information content (AvgIpc) is 2.47. The third kappa shape index (κ3) is 2.19. The van der Waals surface area contributed by atoms with Gasteiger partial charge in [0, 0.05) is 12.5 Å². The van der Waals surface area contributed by atoms with Gasteiger partial charge in [0.15, 0.2) is 0 Å². The van der Waals surface area contributed by atoms with Gasteiger partial charge in [-0.25, -0.2) is 0 Å². The molecule has 0 radical (unpaired) electrons. The second-order valence-corrected chi connectivity index (χ2v) is 2.86. The molecule has 12 heavy (non-hydrogen) atoms. The van der Waals surface area contributed by atoms with Gasteiger partial charge in [-0.2, -0.15) is 0 Å². The van der Waals surface area contributed by atoms with Crippen LogP contribution < -0.4 is 0 Å². The van der Waals surface area contributed by atoms with Gasteiger partial charge in [0.1, 0.15) is 0 Å². The molecule has 3 nitrogen and oxygen atoms in total. The fraction of sp³-hybridized carbons (Fsp3) is 0.556. The highest BCUT2D eigenvalue weighted by atomic mass is 16.5. The summed E-state index contributed by atoms with van der Waals surface area (Å²) in [6.45, 7) is 3.86. The lowest BCUT2D eigenvalue weighted by Gasteiger charge is -1.91. The third-order valence-electron chi connectivity index (χ3n) is 1.66. The van der Waals surface area contributed by atoms with Crippen LogP contribution >= 0.6 is 0 Å². The van der Waals surface area contributed by atoms with Crippen LogP contribution in [0.25, 0.3) is 0 Å². The van der Waals surface area contributed by atoms with Crippen LogP contribution in [0.15, 0.2) is 10.6 Å². The minimum Gasteiger partial charge on any atom is -0.353 e. The molecule has 0 aliphatic carbocycles. The van der Waals surface area contributed by atoms with Gasteiger partial charge < -0.3 is 4.52 Å². The smallest absolute Gasteiger partial charge is 0.202 e. The molecule has 0 N–H and O–H groups in total. The molecule has 0 amide bonds. The molecule has 0 aliphatic heterocycles. The van der Waals surface area contributed by atoms with Crippen LogP contribution in [0.1, 0.15) is 42.4 Å². The number of unbranched alkanes of at least 4 members (excludes halogenated alkanes) is 1. The summed E-state index contributed by atoms with van der Waals surface area (Å²) in [6.07, 6.45) is 2.50. The maximum absolute atomic E-state index is 11.3. The van der Waals surface area contributed by atoms with E-state index in [9.17, 15) is 4.79 Å². The van der Waals surface area contributed by atoms with Crippen LogP contribution in [0.4, 0.5) is 0 Å². The van der Waals surface area contributed by atoms with Gasteiger partial charge in [0.25, 0.3) is 0 Å². The Morgan fingerprint density at radius 3 is 2.92 bits per heavy atom. The Bertz CT molecular complexity index is 265. The van der Waals surface area contributed by atoms with Crippen molar-refractivity contribution in [3.8, 4) is 0 Å². The number of Topliss-reactive ketones (excluding diaryl/α,β-unsaturated/α-hetero) is 1. The molecule has 0 bridgehead atoms. The van der Waals surface area contributed by atoms with Crippen molar-refractivity contribution < 1.29 is 9.32 Å². The van der Waals surface area contributed by atoms with Crippen molar-refractivity contribution in [1.82, 2.24) is 5.16 Å². The number of hydrogen-bond acceptors (Lipinski definition) is 3. The summed E-state index contributed by atoms with van der Waals surface area (Å²) < 4.78 is 4.82. The van der Waals surface area contributed by atoms with Crippen molar-refractivity contribution in [3.05, 3.63) is 17.5 Å². The van der Waals surface area contributed by atoms with Gasteiger partial charge in [-0.05, 0) is 13.3 Å². The number of rotatable bonds is 4. The summed E-state index contributed by atoms with van der Waals surface area (Å²) in [4.78, 5) is 11.3. The van der Waals surface area contributed by atoms with Gasteiger partial charge in [-0.3, -0.25) is 4.79 Å². The first-order valence-electron chi connectivity index (χ1n) is 4.20. The highest BCUT2D eigenvalue weighted by molar-refractivity contribution is 5.93. The lowest BCUT2D eigenvalue weighted by atomic mass is 10.1. The normalized spacial score (nSPS) is 10.2. The van der Waals surface area contributed by atoms with Crippen LogP contribution in [0.3, 0.4) is 0 Å². The minimum atomic E-state index is 0.0532. The molecule has 3 heteroatoms. The zero-order chi connectivity index (χ0) is 8.97. The van der Waals surface area contributed by atoms with E-state index in [-0.39, 0.29) is 5.78 Å². The molecule has 0 spiro atoms. The summed E-state index contributed by atoms with van der Waals surface area (Å²) in [5, 5.41) is 3.65. The van der Waals surface area contributed by atoms with Gasteiger partial charge in [-0.1, -0.05) is 18.5 Å². The van der Waals surface area contributed by atoms with Gasteiger partial charge >= 0.3 is 0 Å². The summed E-state index contributed by atoms with van der Waals surface area (Å²) >= 11 is 0. The van der Waals surface area contributed by atoms with E-state index in [1.807, 2.05) is 0 Å². The standard InChI is InChI=1S/C9H13NO2/c1-3-4-5-8(11)9-6-7(2)10-12-9/h6H,3-5H2,1-2H3. The quantitative estimate of drug-likeness (QED) is 0.646. The van der Waals surface area contributed by atoms with Crippen molar-refractivity contribution in [2.24, 2.45) is 0 Å². The van der Waals surface area contributed by atoms with E-state index < -0.39 is 0 Å². The zero-order valence-electron chi connectivity index (χ0n) is 7.46. The number of aromatic nitrogens is 1. The van der Waals surface area contributed by atoms with Crippen LogP contribution in [0.2, 0.25) is 0 Å². The number of nitrogens with zero attached hydrogens (tertiary/aromatic N) is 1. The van der Waals surface area contributed by atoms with Crippen LogP contribution in [0, 0.1) is 6.92 Å². The van der Waals surface area contributed by atoms with Crippen molar-refractivity contribution in [3.63, 3.8) is 0 Å². The molecule has 0 saturated carbocycles. The fourth-order valence-electron chi connectivity index (χ4n) is 0.956. The number of aryl methyl sites for hydroxylation is 1. The highest BCUT2D eigenvalue weighted by Gasteiger charge is 2.09. The maximum atomic E-state index is 11.3. The number of carbonyl (C=O) groups is 1. The Kier molecular flexibility index (Phi) is 3.02. The van der Waals surface area contributed by atoms with E-state index in [2.05, 4.69) is 12.1 Å². The molecule has 1 heterocycles. The topological polar surface area (TPSA) is 43.1 Å². The molecule has 66 valence electrons. The molecule has 0 aromatic carbocycles. The summed E-state index contributed by atoms with van der Waals surface area (Å²) in [5.74, 6) is 0.443. The van der Waals surface area contributed by atoms with Crippen LogP contribution in [-0.4, -0.2) is 10.9 Å². The molecular weight excluding hydrogens is 154 g/mol. The SMILES string of the molecule is CCCCC(=O)c1cc(C)no1. The number of ketones is 1. The van der Waals surface area contributed by atoms with Crippen molar-refractivity contribution in [1.29, 1.82) is 0 Å². The predicted octanol–water partition coefficient (Wildman–Crippen LogP) is 2.36. The Hall–Kier alpha value is -1.12. The Balaban J connectivity index is 2.53. The molecule has 0 fully saturated rings. The van der Waals surface area contributed by atoms with Gasteiger partial charge in [0.2, 0.25) is 11.5 Å². The molecular formula is C9H13NO2. The van der Waals surface area contributed by atoms with Gasteiger partial charge in [0.05, 0.1) is 5.69 Å². The van der Waals surface area contributed by atoms with E-state index in [1.165, 1.54) is 0 Å².